The molecule has 1 amide bonds. The summed E-state index contributed by atoms with van der Waals surface area (Å²) in [5.74, 6) is 0.519. The molecule has 1 aromatic carbocycles. The third kappa shape index (κ3) is 3.83. The molecule has 0 spiro atoms. The molecule has 2 aliphatic heterocycles. The normalized spacial score (nSPS) is 22.3. The van der Waals surface area contributed by atoms with Crippen molar-refractivity contribution in [2.75, 3.05) is 32.8 Å². The smallest absolute Gasteiger partial charge is 0.228 e. The number of aryl methyl sites for hydroxylation is 1. The van der Waals surface area contributed by atoms with Crippen molar-refractivity contribution in [3.8, 4) is 0 Å². The predicted octanol–water partition coefficient (Wildman–Crippen LogP) is 1.46. The highest BCUT2D eigenvalue weighted by atomic mass is 16.5. The van der Waals surface area contributed by atoms with Gasteiger partial charge in [0.15, 0.2) is 0 Å². The fraction of sp³-hybridized carbons (Fsp3) is 0.588. The Morgan fingerprint density at radius 1 is 1.29 bits per heavy atom. The van der Waals surface area contributed by atoms with Crippen molar-refractivity contribution in [2.24, 2.45) is 5.92 Å². The van der Waals surface area contributed by atoms with Gasteiger partial charge in [-0.05, 0) is 24.8 Å². The summed E-state index contributed by atoms with van der Waals surface area (Å²) in [7, 11) is 0. The maximum absolute atomic E-state index is 12.1. The van der Waals surface area contributed by atoms with E-state index in [1.807, 2.05) is 11.0 Å². The van der Waals surface area contributed by atoms with E-state index in [-0.39, 0.29) is 12.0 Å². The summed E-state index contributed by atoms with van der Waals surface area (Å²) in [4.78, 5) is 14.1. The topological polar surface area (TPSA) is 41.6 Å². The molecule has 1 unspecified atom stereocenters. The lowest BCUT2D eigenvalue weighted by atomic mass is 10.0. The minimum Gasteiger partial charge on any atom is -0.376 e. The van der Waals surface area contributed by atoms with E-state index in [0.717, 1.165) is 52.0 Å². The van der Waals surface area contributed by atoms with Gasteiger partial charge in [0.2, 0.25) is 5.91 Å². The Kier molecular flexibility index (Phi) is 4.88. The number of nitrogens with zero attached hydrogens (tertiary/aromatic N) is 1. The lowest BCUT2D eigenvalue weighted by Gasteiger charge is -2.30. The van der Waals surface area contributed by atoms with Crippen molar-refractivity contribution in [1.82, 2.24) is 10.2 Å². The van der Waals surface area contributed by atoms with Crippen LogP contribution < -0.4 is 5.32 Å². The first-order valence-corrected chi connectivity index (χ1v) is 7.98. The standard InChI is InChI=1S/C17H24N2O2/c20-17(15-11-18-12-15)19-9-8-16(13-19)21-10-4-7-14-5-2-1-3-6-14/h1-3,5-6,15-16,18H,4,7-13H2. The summed E-state index contributed by atoms with van der Waals surface area (Å²) in [6.45, 7) is 4.11. The number of carbonyl (C=O) groups is 1. The van der Waals surface area contributed by atoms with Crippen LogP contribution in [0.25, 0.3) is 0 Å². The van der Waals surface area contributed by atoms with E-state index in [1.54, 1.807) is 0 Å². The van der Waals surface area contributed by atoms with Gasteiger partial charge in [-0.1, -0.05) is 30.3 Å². The van der Waals surface area contributed by atoms with Crippen molar-refractivity contribution in [2.45, 2.75) is 25.4 Å². The lowest BCUT2D eigenvalue weighted by Crippen LogP contribution is -2.51. The summed E-state index contributed by atoms with van der Waals surface area (Å²) in [6.07, 6.45) is 3.32. The maximum Gasteiger partial charge on any atom is 0.228 e. The number of hydrogen-bond donors (Lipinski definition) is 1. The van der Waals surface area contributed by atoms with Crippen LogP contribution in [0.1, 0.15) is 18.4 Å². The molecule has 2 aliphatic rings. The summed E-state index contributed by atoms with van der Waals surface area (Å²) in [5.41, 5.74) is 1.36. The van der Waals surface area contributed by atoms with Gasteiger partial charge in [0.1, 0.15) is 0 Å². The van der Waals surface area contributed by atoms with Gasteiger partial charge in [0, 0.05) is 32.8 Å². The van der Waals surface area contributed by atoms with Gasteiger partial charge in [-0.25, -0.2) is 0 Å². The molecule has 2 saturated heterocycles. The third-order valence-electron chi connectivity index (χ3n) is 4.39. The van der Waals surface area contributed by atoms with Gasteiger partial charge in [0.05, 0.1) is 12.0 Å². The van der Waals surface area contributed by atoms with Gasteiger partial charge in [0.25, 0.3) is 0 Å². The van der Waals surface area contributed by atoms with Crippen molar-refractivity contribution in [1.29, 1.82) is 0 Å². The first-order valence-electron chi connectivity index (χ1n) is 7.98. The largest absolute Gasteiger partial charge is 0.376 e. The van der Waals surface area contributed by atoms with E-state index in [0.29, 0.717) is 5.91 Å². The summed E-state index contributed by atoms with van der Waals surface area (Å²) in [5, 5.41) is 3.16. The van der Waals surface area contributed by atoms with Crippen LogP contribution >= 0.6 is 0 Å². The van der Waals surface area contributed by atoms with Crippen molar-refractivity contribution in [3.05, 3.63) is 35.9 Å². The van der Waals surface area contributed by atoms with Crippen LogP contribution in [0.15, 0.2) is 30.3 Å². The van der Waals surface area contributed by atoms with Gasteiger partial charge in [-0.3, -0.25) is 4.79 Å². The van der Waals surface area contributed by atoms with Crippen LogP contribution in [-0.4, -0.2) is 49.7 Å². The minimum absolute atomic E-state index is 0.210. The second kappa shape index (κ2) is 7.05. The molecule has 21 heavy (non-hydrogen) atoms. The van der Waals surface area contributed by atoms with Crippen molar-refractivity contribution in [3.63, 3.8) is 0 Å². The van der Waals surface area contributed by atoms with Crippen LogP contribution in [0.2, 0.25) is 0 Å². The first-order chi connectivity index (χ1) is 10.3. The van der Waals surface area contributed by atoms with E-state index < -0.39 is 0 Å². The average molecular weight is 288 g/mol. The highest BCUT2D eigenvalue weighted by Crippen LogP contribution is 2.17. The van der Waals surface area contributed by atoms with Gasteiger partial charge >= 0.3 is 0 Å². The zero-order valence-corrected chi connectivity index (χ0v) is 12.5. The van der Waals surface area contributed by atoms with Crippen LogP contribution in [-0.2, 0) is 16.0 Å². The number of benzene rings is 1. The maximum atomic E-state index is 12.1. The number of hydrogen-bond acceptors (Lipinski definition) is 3. The van der Waals surface area contributed by atoms with E-state index in [9.17, 15) is 4.79 Å². The van der Waals surface area contributed by atoms with Gasteiger partial charge in [-0.15, -0.1) is 0 Å². The third-order valence-corrected chi connectivity index (χ3v) is 4.39. The molecule has 4 nitrogen and oxygen atoms in total. The molecular weight excluding hydrogens is 264 g/mol. The average Bonchev–Trinajstić information content (AvgIpc) is 2.92. The molecule has 3 rings (SSSR count). The molecule has 2 fully saturated rings. The fourth-order valence-corrected chi connectivity index (χ4v) is 2.96. The number of nitrogens with one attached hydrogen (secondary N) is 1. The van der Waals surface area contributed by atoms with E-state index >= 15 is 0 Å². The number of ether oxygens (including phenoxy) is 1. The molecule has 4 heteroatoms. The highest BCUT2D eigenvalue weighted by molar-refractivity contribution is 5.80. The Labute approximate surface area is 126 Å². The number of rotatable bonds is 6. The summed E-state index contributed by atoms with van der Waals surface area (Å²) >= 11 is 0. The highest BCUT2D eigenvalue weighted by Gasteiger charge is 2.33. The molecule has 0 aliphatic carbocycles. The Morgan fingerprint density at radius 2 is 2.10 bits per heavy atom. The van der Waals surface area contributed by atoms with E-state index in [2.05, 4.69) is 29.6 Å². The minimum atomic E-state index is 0.210. The number of amides is 1. The molecule has 0 radical (unpaired) electrons. The molecule has 2 heterocycles. The Hall–Kier alpha value is -1.39. The molecule has 1 aromatic rings. The molecule has 114 valence electrons. The summed E-state index contributed by atoms with van der Waals surface area (Å²) in [6, 6.07) is 10.5. The first kappa shape index (κ1) is 14.5. The van der Waals surface area contributed by atoms with E-state index in [1.165, 1.54) is 5.56 Å². The molecule has 1 atom stereocenters. The van der Waals surface area contributed by atoms with Crippen molar-refractivity contribution < 1.29 is 9.53 Å². The Bertz CT molecular complexity index is 459. The lowest BCUT2D eigenvalue weighted by molar-refractivity contribution is -0.136. The number of carbonyl (C=O) groups excluding carboxylic acids is 1. The van der Waals surface area contributed by atoms with Crippen LogP contribution in [0.5, 0.6) is 0 Å². The molecule has 0 saturated carbocycles. The zero-order chi connectivity index (χ0) is 14.5. The van der Waals surface area contributed by atoms with Gasteiger partial charge in [-0.2, -0.15) is 0 Å². The van der Waals surface area contributed by atoms with Crippen LogP contribution in [0.3, 0.4) is 0 Å². The monoisotopic (exact) mass is 288 g/mol. The molecular formula is C17H24N2O2. The summed E-state index contributed by atoms with van der Waals surface area (Å²) < 4.78 is 5.93. The second-order valence-electron chi connectivity index (χ2n) is 6.01. The molecule has 0 bridgehead atoms. The second-order valence-corrected chi connectivity index (χ2v) is 6.01. The molecule has 0 aromatic heterocycles. The Morgan fingerprint density at radius 3 is 2.81 bits per heavy atom. The SMILES string of the molecule is O=C(C1CNC1)N1CCC(OCCCc2ccccc2)C1. The number of likely N-dealkylation sites (tertiary alicyclic amines) is 1. The zero-order valence-electron chi connectivity index (χ0n) is 12.5. The predicted molar refractivity (Wildman–Crippen MR) is 82.1 cm³/mol. The Balaban J connectivity index is 1.32. The van der Waals surface area contributed by atoms with Gasteiger partial charge < -0.3 is 15.0 Å². The van der Waals surface area contributed by atoms with Crippen molar-refractivity contribution >= 4 is 5.91 Å². The van der Waals surface area contributed by atoms with E-state index in [4.69, 9.17) is 4.74 Å². The fourth-order valence-electron chi connectivity index (χ4n) is 2.96. The molecule has 1 N–H and O–H groups in total. The van der Waals surface area contributed by atoms with Crippen LogP contribution in [0, 0.1) is 5.92 Å². The van der Waals surface area contributed by atoms with Crippen LogP contribution in [0.4, 0.5) is 0 Å². The quantitative estimate of drug-likeness (QED) is 0.806.